The van der Waals surface area contributed by atoms with E-state index in [4.69, 9.17) is 4.74 Å². The number of para-hydroxylation sites is 1. The summed E-state index contributed by atoms with van der Waals surface area (Å²) >= 11 is 0. The third-order valence-corrected chi connectivity index (χ3v) is 7.74. The summed E-state index contributed by atoms with van der Waals surface area (Å²) in [6.07, 6.45) is 1.02. The molecule has 2 aromatic rings. The van der Waals surface area contributed by atoms with Crippen LogP contribution in [0.25, 0.3) is 0 Å². The first-order valence-electron chi connectivity index (χ1n) is 10.6. The van der Waals surface area contributed by atoms with Crippen LogP contribution in [0.2, 0.25) is 0 Å². The van der Waals surface area contributed by atoms with Gasteiger partial charge >= 0.3 is 0 Å². The first kappa shape index (κ1) is 23.3. The van der Waals surface area contributed by atoms with Crippen molar-refractivity contribution in [2.24, 2.45) is 5.92 Å². The van der Waals surface area contributed by atoms with Crippen LogP contribution < -0.4 is 10.1 Å². The number of piperidine rings is 1. The topological polar surface area (TPSA) is 75.7 Å². The van der Waals surface area contributed by atoms with Gasteiger partial charge in [0, 0.05) is 31.1 Å². The number of nitrogens with one attached hydrogen (secondary N) is 1. The Balaban J connectivity index is 1.57. The second-order valence-electron chi connectivity index (χ2n) is 8.98. The van der Waals surface area contributed by atoms with E-state index in [-0.39, 0.29) is 17.2 Å². The molecule has 6 nitrogen and oxygen atoms in total. The SMILES string of the molecule is COc1ccccc1CNC(=O)C1CCN(S(=O)(=O)c2ccc(C(C)(C)C)cc2)CC1. The number of benzene rings is 2. The van der Waals surface area contributed by atoms with Crippen molar-refractivity contribution in [1.82, 2.24) is 9.62 Å². The Morgan fingerprint density at radius 3 is 2.26 bits per heavy atom. The van der Waals surface area contributed by atoms with Gasteiger partial charge in [0.25, 0.3) is 0 Å². The van der Waals surface area contributed by atoms with Crippen LogP contribution in [0.3, 0.4) is 0 Å². The second-order valence-corrected chi connectivity index (χ2v) is 10.9. The molecule has 0 atom stereocenters. The minimum absolute atomic E-state index is 0.0300. The van der Waals surface area contributed by atoms with E-state index >= 15 is 0 Å². The third kappa shape index (κ3) is 5.46. The number of amides is 1. The van der Waals surface area contributed by atoms with E-state index in [1.807, 2.05) is 36.4 Å². The van der Waals surface area contributed by atoms with Gasteiger partial charge < -0.3 is 10.1 Å². The van der Waals surface area contributed by atoms with Gasteiger partial charge in [-0.25, -0.2) is 8.42 Å². The molecule has 0 aromatic heterocycles. The molecular formula is C24H32N2O4S. The summed E-state index contributed by atoms with van der Waals surface area (Å²) in [5.41, 5.74) is 1.98. The zero-order valence-electron chi connectivity index (χ0n) is 18.7. The number of hydrogen-bond acceptors (Lipinski definition) is 4. The molecule has 1 heterocycles. The van der Waals surface area contributed by atoms with Gasteiger partial charge in [0.1, 0.15) is 5.75 Å². The lowest BCUT2D eigenvalue weighted by molar-refractivity contribution is -0.126. The summed E-state index contributed by atoms with van der Waals surface area (Å²) in [6.45, 7) is 7.37. The van der Waals surface area contributed by atoms with Crippen molar-refractivity contribution in [2.45, 2.75) is 50.5 Å². The number of hydrogen-bond donors (Lipinski definition) is 1. The summed E-state index contributed by atoms with van der Waals surface area (Å²) < 4.78 is 32.8. The Hall–Kier alpha value is -2.38. The molecule has 0 saturated carbocycles. The van der Waals surface area contributed by atoms with Gasteiger partial charge in [0.15, 0.2) is 0 Å². The lowest BCUT2D eigenvalue weighted by Gasteiger charge is -2.30. The zero-order chi connectivity index (χ0) is 22.6. The Kier molecular flexibility index (Phi) is 7.06. The number of carbonyl (C=O) groups excluding carboxylic acids is 1. The molecule has 0 unspecified atom stereocenters. The molecule has 0 aliphatic carbocycles. The number of methoxy groups -OCH3 is 1. The van der Waals surface area contributed by atoms with Crippen LogP contribution in [0.15, 0.2) is 53.4 Å². The van der Waals surface area contributed by atoms with Gasteiger partial charge in [-0.1, -0.05) is 51.1 Å². The van der Waals surface area contributed by atoms with Crippen molar-refractivity contribution in [1.29, 1.82) is 0 Å². The maximum Gasteiger partial charge on any atom is 0.243 e. The highest BCUT2D eigenvalue weighted by molar-refractivity contribution is 7.89. The number of rotatable bonds is 6. The summed E-state index contributed by atoms with van der Waals surface area (Å²) in [5, 5.41) is 2.96. The van der Waals surface area contributed by atoms with E-state index in [0.717, 1.165) is 16.9 Å². The summed E-state index contributed by atoms with van der Waals surface area (Å²) in [6, 6.07) is 14.7. The molecule has 1 aliphatic rings. The zero-order valence-corrected chi connectivity index (χ0v) is 19.5. The average Bonchev–Trinajstić information content (AvgIpc) is 2.77. The van der Waals surface area contributed by atoms with Crippen LogP contribution >= 0.6 is 0 Å². The summed E-state index contributed by atoms with van der Waals surface area (Å²) in [4.78, 5) is 12.9. The van der Waals surface area contributed by atoms with E-state index in [1.54, 1.807) is 19.2 Å². The maximum atomic E-state index is 13.0. The van der Waals surface area contributed by atoms with Crippen LogP contribution in [0.1, 0.15) is 44.7 Å². The molecule has 0 spiro atoms. The van der Waals surface area contributed by atoms with Gasteiger partial charge in [-0.2, -0.15) is 4.31 Å². The molecular weight excluding hydrogens is 412 g/mol. The number of sulfonamides is 1. The van der Waals surface area contributed by atoms with Crippen molar-refractivity contribution < 1.29 is 17.9 Å². The average molecular weight is 445 g/mol. The number of ether oxygens (including phenoxy) is 1. The number of carbonyl (C=O) groups is 1. The molecule has 1 aliphatic heterocycles. The van der Waals surface area contributed by atoms with Gasteiger partial charge in [-0.3, -0.25) is 4.79 Å². The molecule has 1 N–H and O–H groups in total. The minimum Gasteiger partial charge on any atom is -0.496 e. The van der Waals surface area contributed by atoms with Crippen LogP contribution in [0.4, 0.5) is 0 Å². The first-order chi connectivity index (χ1) is 14.6. The van der Waals surface area contributed by atoms with Crippen LogP contribution in [0.5, 0.6) is 5.75 Å². The third-order valence-electron chi connectivity index (χ3n) is 5.83. The van der Waals surface area contributed by atoms with Crippen molar-refractivity contribution in [3.8, 4) is 5.75 Å². The molecule has 1 fully saturated rings. The van der Waals surface area contributed by atoms with E-state index in [1.165, 1.54) is 4.31 Å². The Bertz CT molecular complexity index is 1000. The Morgan fingerprint density at radius 1 is 1.06 bits per heavy atom. The van der Waals surface area contributed by atoms with Gasteiger partial charge in [0.05, 0.1) is 12.0 Å². The highest BCUT2D eigenvalue weighted by Gasteiger charge is 2.32. The first-order valence-corrected chi connectivity index (χ1v) is 12.1. The molecule has 1 amide bonds. The monoisotopic (exact) mass is 444 g/mol. The predicted molar refractivity (Wildman–Crippen MR) is 121 cm³/mol. The second kappa shape index (κ2) is 9.40. The summed E-state index contributed by atoms with van der Waals surface area (Å²) in [5.74, 6) is 0.503. The fourth-order valence-electron chi connectivity index (χ4n) is 3.81. The molecule has 2 aromatic carbocycles. The molecule has 1 saturated heterocycles. The number of nitrogens with zero attached hydrogens (tertiary/aromatic N) is 1. The van der Waals surface area contributed by atoms with Crippen molar-refractivity contribution in [3.05, 3.63) is 59.7 Å². The lowest BCUT2D eigenvalue weighted by Crippen LogP contribution is -2.42. The van der Waals surface area contributed by atoms with Crippen LogP contribution in [-0.4, -0.2) is 38.8 Å². The minimum atomic E-state index is -3.55. The van der Waals surface area contributed by atoms with E-state index < -0.39 is 10.0 Å². The van der Waals surface area contributed by atoms with Gasteiger partial charge in [0.2, 0.25) is 15.9 Å². The standard InChI is InChI=1S/C24H32N2O4S/c1-24(2,3)20-9-11-21(12-10-20)31(28,29)26-15-13-18(14-16-26)23(27)25-17-19-7-5-6-8-22(19)30-4/h5-12,18H,13-17H2,1-4H3,(H,25,27). The van der Waals surface area contributed by atoms with Crippen molar-refractivity contribution >= 4 is 15.9 Å². The maximum absolute atomic E-state index is 13.0. The van der Waals surface area contributed by atoms with E-state index in [0.29, 0.717) is 37.4 Å². The normalized spacial score (nSPS) is 16.1. The largest absolute Gasteiger partial charge is 0.496 e. The van der Waals surface area contributed by atoms with Gasteiger partial charge in [-0.05, 0) is 42.0 Å². The Labute approximate surface area is 185 Å². The fraction of sp³-hybridized carbons (Fsp3) is 0.458. The van der Waals surface area contributed by atoms with Gasteiger partial charge in [-0.15, -0.1) is 0 Å². The lowest BCUT2D eigenvalue weighted by atomic mass is 9.87. The molecule has 31 heavy (non-hydrogen) atoms. The molecule has 0 bridgehead atoms. The molecule has 3 rings (SSSR count). The van der Waals surface area contributed by atoms with Crippen molar-refractivity contribution in [2.75, 3.05) is 20.2 Å². The quantitative estimate of drug-likeness (QED) is 0.737. The predicted octanol–water partition coefficient (Wildman–Crippen LogP) is 3.71. The summed E-state index contributed by atoms with van der Waals surface area (Å²) in [7, 11) is -1.95. The molecule has 168 valence electrons. The highest BCUT2D eigenvalue weighted by atomic mass is 32.2. The fourth-order valence-corrected chi connectivity index (χ4v) is 5.28. The van der Waals surface area contributed by atoms with Crippen LogP contribution in [-0.2, 0) is 26.8 Å². The Morgan fingerprint density at radius 2 is 1.68 bits per heavy atom. The van der Waals surface area contributed by atoms with E-state index in [9.17, 15) is 13.2 Å². The van der Waals surface area contributed by atoms with E-state index in [2.05, 4.69) is 26.1 Å². The smallest absolute Gasteiger partial charge is 0.243 e. The molecule has 7 heteroatoms. The highest BCUT2D eigenvalue weighted by Crippen LogP contribution is 2.27. The van der Waals surface area contributed by atoms with Crippen molar-refractivity contribution in [3.63, 3.8) is 0 Å². The van der Waals surface area contributed by atoms with Crippen LogP contribution in [0, 0.1) is 5.92 Å². The molecule has 0 radical (unpaired) electrons.